The molecular weight excluding hydrogens is 311 g/mol. The van der Waals surface area contributed by atoms with E-state index in [1.54, 1.807) is 6.92 Å². The molecule has 1 aromatic rings. The van der Waals surface area contributed by atoms with Crippen molar-refractivity contribution >= 4 is 23.0 Å². The zero-order valence-corrected chi connectivity index (χ0v) is 11.8. The number of anilines is 1. The first-order chi connectivity index (χ1) is 9.72. The van der Waals surface area contributed by atoms with Gasteiger partial charge in [0.15, 0.2) is 0 Å². The van der Waals surface area contributed by atoms with Crippen molar-refractivity contribution in [2.24, 2.45) is 0 Å². The van der Waals surface area contributed by atoms with Crippen LogP contribution in [0, 0.1) is 0 Å². The molecule has 0 saturated carbocycles. The lowest BCUT2D eigenvalue weighted by atomic mass is 10.1. The van der Waals surface area contributed by atoms with E-state index >= 15 is 0 Å². The summed E-state index contributed by atoms with van der Waals surface area (Å²) in [5.41, 5.74) is -0.612. The molecule has 9 heteroatoms. The molecule has 0 fully saturated rings. The number of benzene rings is 1. The normalized spacial score (nSPS) is 14.5. The molecule has 1 rings (SSSR count). The van der Waals surface area contributed by atoms with Gasteiger partial charge < -0.3 is 5.32 Å². The molecule has 5 nitrogen and oxygen atoms in total. The lowest BCUT2D eigenvalue weighted by Crippen LogP contribution is -2.22. The summed E-state index contributed by atoms with van der Waals surface area (Å²) >= 11 is -2.48. The minimum Gasteiger partial charge on any atom is -0.326 e. The second kappa shape index (κ2) is 7.53. The predicted molar refractivity (Wildman–Crippen MR) is 70.6 cm³/mol. The molecule has 0 aliphatic heterocycles. The number of carbonyl (C=O) groups is 1. The Morgan fingerprint density at radius 2 is 1.95 bits per heavy atom. The Kier molecular flexibility index (Phi) is 6.31. The molecule has 0 spiro atoms. The molecule has 0 aliphatic carbocycles. The maximum Gasteiger partial charge on any atom is 0.416 e. The van der Waals surface area contributed by atoms with Crippen molar-refractivity contribution in [2.75, 3.05) is 5.32 Å². The van der Waals surface area contributed by atoms with Crippen molar-refractivity contribution in [2.45, 2.75) is 32.0 Å². The Hall–Kier alpha value is -1.45. The van der Waals surface area contributed by atoms with E-state index in [2.05, 4.69) is 9.50 Å². The topological polar surface area (TPSA) is 75.6 Å². The van der Waals surface area contributed by atoms with Crippen LogP contribution in [0.4, 0.5) is 18.9 Å². The Bertz CT molecular complexity index is 504. The molecule has 0 aliphatic rings. The molecule has 118 valence electrons. The molecule has 0 bridgehead atoms. The fourth-order valence-electron chi connectivity index (χ4n) is 1.52. The second-order valence-corrected chi connectivity index (χ2v) is 4.80. The number of hydrogen-bond acceptors (Lipinski definition) is 3. The van der Waals surface area contributed by atoms with Gasteiger partial charge >= 0.3 is 17.5 Å². The Morgan fingerprint density at radius 1 is 1.38 bits per heavy atom. The summed E-state index contributed by atoms with van der Waals surface area (Å²) < 4.78 is 60.8. The van der Waals surface area contributed by atoms with Gasteiger partial charge in [0.2, 0.25) is 5.91 Å². The third-order valence-corrected chi connectivity index (χ3v) is 3.02. The molecular formula is C12H14F3NO4S. The standard InChI is InChI=1S/C12H14F3NO4S/c1-2-10(20-21(18)19)7-11(17)16-9-5-3-8(4-6-9)12(13,14)15/h3-6,10H,2,7H2,1H3,(H,16,17)(H,18,19). The largest absolute Gasteiger partial charge is 0.416 e. The van der Waals surface area contributed by atoms with Crippen molar-refractivity contribution in [3.63, 3.8) is 0 Å². The predicted octanol–water partition coefficient (Wildman–Crippen LogP) is 2.97. The summed E-state index contributed by atoms with van der Waals surface area (Å²) in [4.78, 5) is 11.7. The van der Waals surface area contributed by atoms with Gasteiger partial charge in [-0.25, -0.2) is 0 Å². The first-order valence-electron chi connectivity index (χ1n) is 5.97. The van der Waals surface area contributed by atoms with Crippen LogP contribution in [0.5, 0.6) is 0 Å². The fraction of sp³-hybridized carbons (Fsp3) is 0.417. The van der Waals surface area contributed by atoms with E-state index in [0.717, 1.165) is 24.3 Å². The van der Waals surface area contributed by atoms with Crippen LogP contribution < -0.4 is 5.32 Å². The lowest BCUT2D eigenvalue weighted by molar-refractivity contribution is -0.137. The van der Waals surface area contributed by atoms with Crippen LogP contribution in [0.3, 0.4) is 0 Å². The van der Waals surface area contributed by atoms with E-state index in [-0.39, 0.29) is 12.1 Å². The third-order valence-electron chi connectivity index (χ3n) is 2.58. The maximum absolute atomic E-state index is 12.4. The second-order valence-electron chi connectivity index (χ2n) is 4.17. The minimum absolute atomic E-state index is 0.177. The van der Waals surface area contributed by atoms with Gasteiger partial charge in [0, 0.05) is 5.69 Å². The smallest absolute Gasteiger partial charge is 0.326 e. The Morgan fingerprint density at radius 3 is 2.38 bits per heavy atom. The molecule has 0 radical (unpaired) electrons. The maximum atomic E-state index is 12.4. The molecule has 0 heterocycles. The highest BCUT2D eigenvalue weighted by molar-refractivity contribution is 7.74. The summed E-state index contributed by atoms with van der Waals surface area (Å²) in [6.45, 7) is 1.67. The van der Waals surface area contributed by atoms with Gasteiger partial charge in [-0.15, -0.1) is 0 Å². The van der Waals surface area contributed by atoms with Crippen molar-refractivity contribution < 1.29 is 30.9 Å². The van der Waals surface area contributed by atoms with E-state index in [9.17, 15) is 22.2 Å². The molecule has 2 atom stereocenters. The van der Waals surface area contributed by atoms with Crippen LogP contribution >= 0.6 is 0 Å². The number of hydrogen-bond donors (Lipinski definition) is 2. The van der Waals surface area contributed by atoms with E-state index < -0.39 is 35.1 Å². The average molecular weight is 325 g/mol. The molecule has 0 saturated heterocycles. The van der Waals surface area contributed by atoms with Gasteiger partial charge in [0.1, 0.15) is 0 Å². The Balaban J connectivity index is 2.60. The summed E-state index contributed by atoms with van der Waals surface area (Å²) in [6, 6.07) is 3.97. The SMILES string of the molecule is CCC(CC(=O)Nc1ccc(C(F)(F)F)cc1)OS(=O)O. The average Bonchev–Trinajstić information content (AvgIpc) is 2.36. The van der Waals surface area contributed by atoms with E-state index in [0.29, 0.717) is 6.42 Å². The van der Waals surface area contributed by atoms with Crippen LogP contribution in [0.2, 0.25) is 0 Å². The van der Waals surface area contributed by atoms with Gasteiger partial charge in [-0.1, -0.05) is 6.92 Å². The number of halogens is 3. The number of nitrogens with one attached hydrogen (secondary N) is 1. The van der Waals surface area contributed by atoms with Crippen LogP contribution in [0.15, 0.2) is 24.3 Å². The zero-order valence-electron chi connectivity index (χ0n) is 11.0. The number of amides is 1. The van der Waals surface area contributed by atoms with E-state index in [4.69, 9.17) is 4.55 Å². The molecule has 0 aromatic heterocycles. The monoisotopic (exact) mass is 325 g/mol. The Labute approximate surface area is 122 Å². The third kappa shape index (κ3) is 6.23. The van der Waals surface area contributed by atoms with Crippen molar-refractivity contribution in [1.82, 2.24) is 0 Å². The van der Waals surface area contributed by atoms with Crippen LogP contribution in [-0.2, 0) is 26.5 Å². The molecule has 1 amide bonds. The molecule has 21 heavy (non-hydrogen) atoms. The summed E-state index contributed by atoms with van der Waals surface area (Å²) in [6.07, 6.45) is -5.02. The molecule has 1 aromatic carbocycles. The first kappa shape index (κ1) is 17.6. The highest BCUT2D eigenvalue weighted by Gasteiger charge is 2.30. The molecule has 2 N–H and O–H groups in total. The van der Waals surface area contributed by atoms with Crippen LogP contribution in [0.1, 0.15) is 25.3 Å². The lowest BCUT2D eigenvalue weighted by Gasteiger charge is -2.13. The van der Waals surface area contributed by atoms with Crippen LogP contribution in [0.25, 0.3) is 0 Å². The van der Waals surface area contributed by atoms with Crippen molar-refractivity contribution in [3.05, 3.63) is 29.8 Å². The van der Waals surface area contributed by atoms with Gasteiger partial charge in [-0.2, -0.15) is 17.4 Å². The highest BCUT2D eigenvalue weighted by Crippen LogP contribution is 2.29. The van der Waals surface area contributed by atoms with Crippen LogP contribution in [-0.4, -0.2) is 20.8 Å². The highest BCUT2D eigenvalue weighted by atomic mass is 32.2. The van der Waals surface area contributed by atoms with Gasteiger partial charge in [0.05, 0.1) is 18.1 Å². The van der Waals surface area contributed by atoms with E-state index in [1.807, 2.05) is 0 Å². The zero-order chi connectivity index (χ0) is 16.0. The van der Waals surface area contributed by atoms with Gasteiger partial charge in [0.25, 0.3) is 0 Å². The van der Waals surface area contributed by atoms with E-state index in [1.165, 1.54) is 0 Å². The number of carbonyl (C=O) groups excluding carboxylic acids is 1. The number of rotatable bonds is 6. The first-order valence-corrected chi connectivity index (χ1v) is 7.00. The quantitative estimate of drug-likeness (QED) is 0.789. The number of alkyl halides is 3. The van der Waals surface area contributed by atoms with Gasteiger partial charge in [-0.05, 0) is 30.7 Å². The molecule has 2 unspecified atom stereocenters. The van der Waals surface area contributed by atoms with Gasteiger partial charge in [-0.3, -0.25) is 13.5 Å². The van der Waals surface area contributed by atoms with Crippen molar-refractivity contribution in [3.8, 4) is 0 Å². The summed E-state index contributed by atoms with van der Waals surface area (Å²) in [7, 11) is 0. The minimum atomic E-state index is -4.44. The summed E-state index contributed by atoms with van der Waals surface area (Å²) in [5.74, 6) is -0.521. The van der Waals surface area contributed by atoms with Crippen molar-refractivity contribution in [1.29, 1.82) is 0 Å². The summed E-state index contributed by atoms with van der Waals surface area (Å²) in [5, 5.41) is 2.39. The fourth-order valence-corrected chi connectivity index (χ4v) is 1.96.